The Morgan fingerprint density at radius 1 is 1.14 bits per heavy atom. The first kappa shape index (κ1) is 11.8. The van der Waals surface area contributed by atoms with Gasteiger partial charge in [-0.3, -0.25) is 0 Å². The van der Waals surface area contributed by atoms with Crippen molar-refractivity contribution in [2.45, 2.75) is 32.3 Å². The number of hydrogen-bond donors (Lipinski definition) is 1. The molecule has 1 rings (SSSR count). The Bertz CT molecular complexity index is 299. The van der Waals surface area contributed by atoms with Crippen LogP contribution in [-0.2, 0) is 5.60 Å². The standard InChI is InChI=1S/C11H14Cl2O/c1-3-11(14,4-2)10-8(12)6-5-7-9(10)13/h5-7,14H,3-4H2,1-2H3. The van der Waals surface area contributed by atoms with Gasteiger partial charge in [-0.05, 0) is 25.0 Å². The van der Waals surface area contributed by atoms with Gasteiger partial charge in [-0.2, -0.15) is 0 Å². The van der Waals surface area contributed by atoms with Crippen LogP contribution in [0.3, 0.4) is 0 Å². The SMILES string of the molecule is CCC(O)(CC)c1c(Cl)cccc1Cl. The van der Waals surface area contributed by atoms with Crippen molar-refractivity contribution in [1.82, 2.24) is 0 Å². The topological polar surface area (TPSA) is 20.2 Å². The molecule has 0 radical (unpaired) electrons. The summed E-state index contributed by atoms with van der Waals surface area (Å²) in [6, 6.07) is 5.28. The molecule has 0 bridgehead atoms. The second-order valence-corrected chi connectivity index (χ2v) is 4.15. The van der Waals surface area contributed by atoms with E-state index in [9.17, 15) is 5.11 Å². The van der Waals surface area contributed by atoms with E-state index in [-0.39, 0.29) is 0 Å². The van der Waals surface area contributed by atoms with Crippen LogP contribution in [0, 0.1) is 0 Å². The Balaban J connectivity index is 3.29. The maximum Gasteiger partial charge on any atom is 0.0920 e. The fourth-order valence-corrected chi connectivity index (χ4v) is 2.30. The van der Waals surface area contributed by atoms with Crippen LogP contribution in [0.5, 0.6) is 0 Å². The van der Waals surface area contributed by atoms with E-state index in [4.69, 9.17) is 23.2 Å². The Hall–Kier alpha value is -0.240. The van der Waals surface area contributed by atoms with E-state index in [0.29, 0.717) is 28.5 Å². The molecule has 0 saturated carbocycles. The first-order chi connectivity index (χ1) is 6.55. The molecule has 1 nitrogen and oxygen atoms in total. The lowest BCUT2D eigenvalue weighted by atomic mass is 9.88. The van der Waals surface area contributed by atoms with Crippen LogP contribution in [0.4, 0.5) is 0 Å². The zero-order chi connectivity index (χ0) is 10.8. The van der Waals surface area contributed by atoms with E-state index in [2.05, 4.69) is 0 Å². The maximum atomic E-state index is 10.3. The summed E-state index contributed by atoms with van der Waals surface area (Å²) in [6.45, 7) is 3.84. The summed E-state index contributed by atoms with van der Waals surface area (Å²) in [5.41, 5.74) is -0.261. The quantitative estimate of drug-likeness (QED) is 0.836. The molecule has 1 aromatic carbocycles. The highest BCUT2D eigenvalue weighted by Crippen LogP contribution is 2.38. The molecule has 0 unspecified atom stereocenters. The normalized spacial score (nSPS) is 11.8. The van der Waals surface area contributed by atoms with Gasteiger partial charge in [0, 0.05) is 15.6 Å². The van der Waals surface area contributed by atoms with Crippen molar-refractivity contribution >= 4 is 23.2 Å². The van der Waals surface area contributed by atoms with Gasteiger partial charge in [0.1, 0.15) is 0 Å². The summed E-state index contributed by atoms with van der Waals surface area (Å²) < 4.78 is 0. The van der Waals surface area contributed by atoms with Crippen molar-refractivity contribution < 1.29 is 5.11 Å². The molecule has 0 heterocycles. The second-order valence-electron chi connectivity index (χ2n) is 3.34. The minimum Gasteiger partial charge on any atom is -0.385 e. The molecule has 0 fully saturated rings. The smallest absolute Gasteiger partial charge is 0.0920 e. The van der Waals surface area contributed by atoms with Crippen molar-refractivity contribution in [3.05, 3.63) is 33.8 Å². The highest BCUT2D eigenvalue weighted by atomic mass is 35.5. The van der Waals surface area contributed by atoms with Crippen molar-refractivity contribution in [2.75, 3.05) is 0 Å². The van der Waals surface area contributed by atoms with Gasteiger partial charge in [0.2, 0.25) is 0 Å². The Kier molecular flexibility index (Phi) is 3.82. The van der Waals surface area contributed by atoms with Crippen molar-refractivity contribution in [2.24, 2.45) is 0 Å². The molecule has 0 aliphatic heterocycles. The lowest BCUT2D eigenvalue weighted by molar-refractivity contribution is 0.0286. The number of halogens is 2. The fraction of sp³-hybridized carbons (Fsp3) is 0.455. The maximum absolute atomic E-state index is 10.3. The van der Waals surface area contributed by atoms with Crippen LogP contribution in [0.1, 0.15) is 32.3 Å². The molecular formula is C11H14Cl2O. The Morgan fingerprint density at radius 2 is 1.57 bits per heavy atom. The van der Waals surface area contributed by atoms with Crippen molar-refractivity contribution in [3.63, 3.8) is 0 Å². The van der Waals surface area contributed by atoms with Gasteiger partial charge >= 0.3 is 0 Å². The van der Waals surface area contributed by atoms with Gasteiger partial charge in [0.15, 0.2) is 0 Å². The number of benzene rings is 1. The summed E-state index contributed by atoms with van der Waals surface area (Å²) in [4.78, 5) is 0. The van der Waals surface area contributed by atoms with E-state index in [1.807, 2.05) is 13.8 Å². The largest absolute Gasteiger partial charge is 0.385 e. The molecule has 0 amide bonds. The second kappa shape index (κ2) is 4.52. The molecule has 0 aliphatic carbocycles. The van der Waals surface area contributed by atoms with Crippen LogP contribution in [-0.4, -0.2) is 5.11 Å². The first-order valence-electron chi connectivity index (χ1n) is 4.72. The molecule has 78 valence electrons. The summed E-state index contributed by atoms with van der Waals surface area (Å²) in [7, 11) is 0. The third-order valence-electron chi connectivity index (χ3n) is 2.60. The van der Waals surface area contributed by atoms with E-state index in [0.717, 1.165) is 0 Å². The van der Waals surface area contributed by atoms with Crippen molar-refractivity contribution in [3.8, 4) is 0 Å². The van der Waals surface area contributed by atoms with Crippen LogP contribution >= 0.6 is 23.2 Å². The fourth-order valence-electron chi connectivity index (χ4n) is 1.55. The predicted octanol–water partition coefficient (Wildman–Crippen LogP) is 4.00. The minimum atomic E-state index is -0.907. The van der Waals surface area contributed by atoms with Crippen molar-refractivity contribution in [1.29, 1.82) is 0 Å². The van der Waals surface area contributed by atoms with Gasteiger partial charge in [-0.25, -0.2) is 0 Å². The molecule has 0 aliphatic rings. The lowest BCUT2D eigenvalue weighted by Gasteiger charge is -2.27. The molecule has 14 heavy (non-hydrogen) atoms. The van der Waals surface area contributed by atoms with E-state index in [1.54, 1.807) is 18.2 Å². The molecule has 0 atom stereocenters. The van der Waals surface area contributed by atoms with Gasteiger partial charge in [-0.15, -0.1) is 0 Å². The number of aliphatic hydroxyl groups is 1. The molecule has 0 aromatic heterocycles. The first-order valence-corrected chi connectivity index (χ1v) is 5.47. The van der Waals surface area contributed by atoms with Crippen LogP contribution < -0.4 is 0 Å². The van der Waals surface area contributed by atoms with Gasteiger partial charge in [0.05, 0.1) is 5.60 Å². The Morgan fingerprint density at radius 3 is 1.93 bits per heavy atom. The summed E-state index contributed by atoms with van der Waals surface area (Å²) >= 11 is 12.1. The molecule has 3 heteroatoms. The monoisotopic (exact) mass is 232 g/mol. The van der Waals surface area contributed by atoms with E-state index >= 15 is 0 Å². The highest BCUT2D eigenvalue weighted by Gasteiger charge is 2.29. The summed E-state index contributed by atoms with van der Waals surface area (Å²) in [6.07, 6.45) is 1.21. The third kappa shape index (κ3) is 2.05. The zero-order valence-corrected chi connectivity index (χ0v) is 9.86. The number of rotatable bonds is 3. The predicted molar refractivity (Wildman–Crippen MR) is 60.9 cm³/mol. The molecule has 0 spiro atoms. The van der Waals surface area contributed by atoms with Crippen LogP contribution in [0.25, 0.3) is 0 Å². The molecule has 1 aromatic rings. The molecular weight excluding hydrogens is 219 g/mol. The van der Waals surface area contributed by atoms with Gasteiger partial charge in [-0.1, -0.05) is 43.1 Å². The highest BCUT2D eigenvalue weighted by molar-refractivity contribution is 6.36. The average molecular weight is 233 g/mol. The molecule has 1 N–H and O–H groups in total. The van der Waals surface area contributed by atoms with Crippen LogP contribution in [0.15, 0.2) is 18.2 Å². The van der Waals surface area contributed by atoms with E-state index < -0.39 is 5.60 Å². The lowest BCUT2D eigenvalue weighted by Crippen LogP contribution is -2.24. The third-order valence-corrected chi connectivity index (χ3v) is 3.23. The average Bonchev–Trinajstić information content (AvgIpc) is 2.17. The van der Waals surface area contributed by atoms with Gasteiger partial charge in [0.25, 0.3) is 0 Å². The Labute approximate surface area is 94.7 Å². The minimum absolute atomic E-state index is 0.531. The summed E-state index contributed by atoms with van der Waals surface area (Å²) in [5, 5.41) is 11.4. The van der Waals surface area contributed by atoms with Crippen LogP contribution in [0.2, 0.25) is 10.0 Å². The number of hydrogen-bond acceptors (Lipinski definition) is 1. The zero-order valence-electron chi connectivity index (χ0n) is 8.35. The van der Waals surface area contributed by atoms with Gasteiger partial charge < -0.3 is 5.11 Å². The van der Waals surface area contributed by atoms with E-state index in [1.165, 1.54) is 0 Å². The molecule has 0 saturated heterocycles. The summed E-state index contributed by atoms with van der Waals surface area (Å²) in [5.74, 6) is 0.